The van der Waals surface area contributed by atoms with E-state index in [1.807, 2.05) is 13.0 Å². The van der Waals surface area contributed by atoms with E-state index in [0.717, 1.165) is 5.56 Å². The van der Waals surface area contributed by atoms with Crippen LogP contribution in [0, 0.1) is 10.1 Å². The van der Waals surface area contributed by atoms with Crippen LogP contribution in [0.25, 0.3) is 0 Å². The first-order valence-corrected chi connectivity index (χ1v) is 7.12. The Morgan fingerprint density at radius 2 is 2.23 bits per heavy atom. The third-order valence-corrected chi connectivity index (χ3v) is 3.85. The summed E-state index contributed by atoms with van der Waals surface area (Å²) in [5.41, 5.74) is -0.201. The second-order valence-corrected chi connectivity index (χ2v) is 5.72. The summed E-state index contributed by atoms with van der Waals surface area (Å²) in [6.07, 6.45) is 8.20. The summed E-state index contributed by atoms with van der Waals surface area (Å²) in [7, 11) is 3.49. The Morgan fingerprint density at radius 1 is 1.50 bits per heavy atom. The van der Waals surface area contributed by atoms with Gasteiger partial charge in [-0.15, -0.1) is 0 Å². The van der Waals surface area contributed by atoms with E-state index in [4.69, 9.17) is 11.6 Å². The van der Waals surface area contributed by atoms with E-state index in [1.54, 1.807) is 49.6 Å². The smallest absolute Gasteiger partial charge is 0.293 e. The lowest BCUT2D eigenvalue weighted by molar-refractivity contribution is -0.434. The molecule has 116 valence electrons. The topological polar surface area (TPSA) is 71.6 Å². The van der Waals surface area contributed by atoms with Crippen LogP contribution in [-0.2, 0) is 0 Å². The van der Waals surface area contributed by atoms with E-state index in [0.29, 0.717) is 5.15 Å². The second kappa shape index (κ2) is 6.27. The van der Waals surface area contributed by atoms with Crippen molar-refractivity contribution in [2.24, 2.45) is 4.99 Å². The molecule has 7 heteroatoms. The van der Waals surface area contributed by atoms with Gasteiger partial charge >= 0.3 is 0 Å². The third kappa shape index (κ3) is 3.01. The molecular formula is C15H17ClN4O2. The van der Waals surface area contributed by atoms with Gasteiger partial charge in [0.2, 0.25) is 0 Å². The first-order chi connectivity index (χ1) is 10.4. The number of rotatable bonds is 5. The van der Waals surface area contributed by atoms with Crippen molar-refractivity contribution >= 4 is 17.8 Å². The maximum Gasteiger partial charge on any atom is 0.293 e. The minimum absolute atomic E-state index is 0.0185. The molecule has 2 heterocycles. The number of halogens is 1. The molecule has 1 aliphatic rings. The van der Waals surface area contributed by atoms with Gasteiger partial charge in [0.05, 0.1) is 11.1 Å². The number of aliphatic imine (C=N–C) groups is 1. The number of aromatic nitrogens is 1. The van der Waals surface area contributed by atoms with Gasteiger partial charge in [-0.3, -0.25) is 15.1 Å². The highest BCUT2D eigenvalue weighted by atomic mass is 35.5. The van der Waals surface area contributed by atoms with Gasteiger partial charge in [0.1, 0.15) is 5.15 Å². The molecule has 0 saturated heterocycles. The summed E-state index contributed by atoms with van der Waals surface area (Å²) < 4.78 is 0. The van der Waals surface area contributed by atoms with Gasteiger partial charge in [-0.2, -0.15) is 0 Å². The predicted octanol–water partition coefficient (Wildman–Crippen LogP) is 2.90. The Kier molecular flexibility index (Phi) is 4.61. The van der Waals surface area contributed by atoms with E-state index in [1.165, 1.54) is 6.20 Å². The molecule has 2 rings (SSSR count). The largest absolute Gasteiger partial charge is 0.378 e. The van der Waals surface area contributed by atoms with Crippen molar-refractivity contribution in [3.63, 3.8) is 0 Å². The highest BCUT2D eigenvalue weighted by molar-refractivity contribution is 6.29. The molecule has 0 saturated carbocycles. The fraction of sp³-hybridized carbons (Fsp3) is 0.333. The molecule has 0 fully saturated rings. The Hall–Kier alpha value is -2.21. The summed E-state index contributed by atoms with van der Waals surface area (Å²) in [6.45, 7) is 1.89. The second-order valence-electron chi connectivity index (χ2n) is 5.33. The SMILES string of the molecule is CC(c1ccc(Cl)nc1)C1(C(=CN(C)C)[N+](=O)[O-])C=CC=N1. The van der Waals surface area contributed by atoms with E-state index in [-0.39, 0.29) is 16.5 Å². The number of nitrogens with zero attached hydrogens (tertiary/aromatic N) is 4. The lowest BCUT2D eigenvalue weighted by Gasteiger charge is -2.29. The Morgan fingerprint density at radius 3 is 2.68 bits per heavy atom. The molecule has 22 heavy (non-hydrogen) atoms. The number of allylic oxidation sites excluding steroid dienone is 1. The molecule has 2 atom stereocenters. The molecule has 0 bridgehead atoms. The molecule has 1 aromatic heterocycles. The zero-order valence-electron chi connectivity index (χ0n) is 12.6. The van der Waals surface area contributed by atoms with Gasteiger partial charge < -0.3 is 4.90 Å². The zero-order chi connectivity index (χ0) is 16.3. The molecule has 0 aliphatic carbocycles. The lowest BCUT2D eigenvalue weighted by Crippen LogP contribution is -2.36. The minimum Gasteiger partial charge on any atom is -0.378 e. The fourth-order valence-corrected chi connectivity index (χ4v) is 2.58. The van der Waals surface area contributed by atoms with E-state index < -0.39 is 5.54 Å². The molecule has 6 nitrogen and oxygen atoms in total. The van der Waals surface area contributed by atoms with Gasteiger partial charge in [0.15, 0.2) is 5.54 Å². The molecule has 0 radical (unpaired) electrons. The first-order valence-electron chi connectivity index (χ1n) is 6.74. The standard InChI is InChI=1S/C15H17ClN4O2/c1-11(12-5-6-14(16)17-9-12)15(7-4-8-18-15)13(20(21)22)10-19(2)3/h4-11H,1-3H3. The van der Waals surface area contributed by atoms with Crippen LogP contribution in [0.5, 0.6) is 0 Å². The molecular weight excluding hydrogens is 304 g/mol. The summed E-state index contributed by atoms with van der Waals surface area (Å²) in [6, 6.07) is 3.49. The average Bonchev–Trinajstić information content (AvgIpc) is 2.95. The minimum atomic E-state index is -1.05. The monoisotopic (exact) mass is 320 g/mol. The fourth-order valence-electron chi connectivity index (χ4n) is 2.47. The Bertz CT molecular complexity index is 638. The normalized spacial score (nSPS) is 21.9. The van der Waals surface area contributed by atoms with Crippen LogP contribution >= 0.6 is 11.6 Å². The van der Waals surface area contributed by atoms with Crippen LogP contribution in [0.1, 0.15) is 18.4 Å². The third-order valence-electron chi connectivity index (χ3n) is 3.62. The van der Waals surface area contributed by atoms with Crippen LogP contribution in [0.3, 0.4) is 0 Å². The Labute approximate surface area is 134 Å². The van der Waals surface area contributed by atoms with Gasteiger partial charge in [-0.05, 0) is 23.8 Å². The maximum atomic E-state index is 11.6. The summed E-state index contributed by atoms with van der Waals surface area (Å²) >= 11 is 5.81. The van der Waals surface area contributed by atoms with E-state index in [2.05, 4.69) is 9.98 Å². The van der Waals surface area contributed by atoms with Crippen LogP contribution in [0.4, 0.5) is 0 Å². The van der Waals surface area contributed by atoms with Crippen molar-refractivity contribution in [2.75, 3.05) is 14.1 Å². The first kappa shape index (κ1) is 16.2. The molecule has 0 aromatic carbocycles. The van der Waals surface area contributed by atoms with Crippen LogP contribution in [-0.4, -0.2) is 40.7 Å². The molecule has 2 unspecified atom stereocenters. The van der Waals surface area contributed by atoms with Crippen LogP contribution < -0.4 is 0 Å². The number of hydrogen-bond acceptors (Lipinski definition) is 5. The van der Waals surface area contributed by atoms with E-state index >= 15 is 0 Å². The number of nitro groups is 1. The maximum absolute atomic E-state index is 11.6. The highest BCUT2D eigenvalue weighted by Gasteiger charge is 2.47. The molecule has 0 spiro atoms. The predicted molar refractivity (Wildman–Crippen MR) is 86.8 cm³/mol. The summed E-state index contributed by atoms with van der Waals surface area (Å²) in [5.74, 6) is -0.260. The number of pyridine rings is 1. The highest BCUT2D eigenvalue weighted by Crippen LogP contribution is 2.40. The molecule has 1 aromatic rings. The van der Waals surface area contributed by atoms with Gasteiger partial charge in [-0.25, -0.2) is 4.98 Å². The van der Waals surface area contributed by atoms with Gasteiger partial charge in [0, 0.05) is 32.4 Å². The molecule has 0 N–H and O–H groups in total. The number of hydrogen-bond donors (Lipinski definition) is 0. The summed E-state index contributed by atoms with van der Waals surface area (Å²) in [5, 5.41) is 12.0. The van der Waals surface area contributed by atoms with Crippen molar-refractivity contribution in [3.8, 4) is 0 Å². The zero-order valence-corrected chi connectivity index (χ0v) is 13.4. The summed E-state index contributed by atoms with van der Waals surface area (Å²) in [4.78, 5) is 21.3. The Balaban J connectivity index is 2.53. The quantitative estimate of drug-likeness (QED) is 0.475. The molecule has 0 amide bonds. The van der Waals surface area contributed by atoms with Crippen molar-refractivity contribution < 1.29 is 4.92 Å². The van der Waals surface area contributed by atoms with Gasteiger partial charge in [0.25, 0.3) is 5.70 Å². The average molecular weight is 321 g/mol. The van der Waals surface area contributed by atoms with Gasteiger partial charge in [-0.1, -0.05) is 24.6 Å². The van der Waals surface area contributed by atoms with Crippen molar-refractivity contribution in [1.82, 2.24) is 9.88 Å². The van der Waals surface area contributed by atoms with Crippen molar-refractivity contribution in [3.05, 3.63) is 63.2 Å². The van der Waals surface area contributed by atoms with E-state index in [9.17, 15) is 10.1 Å². The molecule has 1 aliphatic heterocycles. The van der Waals surface area contributed by atoms with Crippen LogP contribution in [0.15, 0.2) is 47.4 Å². The van der Waals surface area contributed by atoms with Crippen molar-refractivity contribution in [1.29, 1.82) is 0 Å². The van der Waals surface area contributed by atoms with Crippen molar-refractivity contribution in [2.45, 2.75) is 18.4 Å². The van der Waals surface area contributed by atoms with Crippen LogP contribution in [0.2, 0.25) is 5.15 Å². The lowest BCUT2D eigenvalue weighted by atomic mass is 9.79.